The number of pyridine rings is 1. The Balaban J connectivity index is 1.64. The number of anilines is 3. The molecule has 0 unspecified atom stereocenters. The lowest BCUT2D eigenvalue weighted by atomic mass is 9.84. The summed E-state index contributed by atoms with van der Waals surface area (Å²) in [6, 6.07) is 4.19. The van der Waals surface area contributed by atoms with Crippen LogP contribution >= 0.6 is 0 Å². The maximum atomic E-state index is 12.1. The lowest BCUT2D eigenvalue weighted by Gasteiger charge is -2.31. The summed E-state index contributed by atoms with van der Waals surface area (Å²) in [4.78, 5) is 28.3. The molecule has 1 atom stereocenters. The number of nitrogens with one attached hydrogen (secondary N) is 1. The number of primary amides is 1. The fraction of sp³-hybridized carbons (Fsp3) is 0.600. The van der Waals surface area contributed by atoms with Gasteiger partial charge in [0.15, 0.2) is 0 Å². The highest BCUT2D eigenvalue weighted by atomic mass is 16.5. The molecular weight excluding hydrogens is 430 g/mol. The van der Waals surface area contributed by atoms with E-state index in [0.717, 1.165) is 62.1 Å². The van der Waals surface area contributed by atoms with Crippen LogP contribution < -0.4 is 21.7 Å². The Morgan fingerprint density at radius 1 is 1.18 bits per heavy atom. The fourth-order valence-electron chi connectivity index (χ4n) is 4.87. The van der Waals surface area contributed by atoms with Crippen molar-refractivity contribution in [3.8, 4) is 0 Å². The first kappa shape index (κ1) is 24.3. The number of carbonyl (C=O) groups is 1. The molecule has 0 radical (unpaired) electrons. The molecule has 1 amide bonds. The molecule has 1 saturated heterocycles. The van der Waals surface area contributed by atoms with Crippen LogP contribution in [0.5, 0.6) is 0 Å². The molecular formula is C25H37N7O2. The van der Waals surface area contributed by atoms with E-state index in [-0.39, 0.29) is 17.5 Å². The van der Waals surface area contributed by atoms with E-state index >= 15 is 0 Å². The van der Waals surface area contributed by atoms with E-state index in [1.54, 1.807) is 7.11 Å². The first-order valence-corrected chi connectivity index (χ1v) is 12.3. The molecule has 2 fully saturated rings. The normalized spacial score (nSPS) is 23.2. The number of hydrogen-bond acceptors (Lipinski definition) is 8. The Hall–Kier alpha value is -2.78. The van der Waals surface area contributed by atoms with Gasteiger partial charge < -0.3 is 26.4 Å². The van der Waals surface area contributed by atoms with Crippen molar-refractivity contribution in [1.82, 2.24) is 15.0 Å². The second kappa shape index (κ2) is 10.7. The molecule has 4 rings (SSSR count). The van der Waals surface area contributed by atoms with E-state index in [4.69, 9.17) is 26.2 Å². The van der Waals surface area contributed by atoms with Gasteiger partial charge in [0.1, 0.15) is 11.4 Å². The van der Waals surface area contributed by atoms with Gasteiger partial charge in [0.2, 0.25) is 5.95 Å². The van der Waals surface area contributed by atoms with E-state index in [9.17, 15) is 4.79 Å². The third-order valence-corrected chi connectivity index (χ3v) is 6.93. The molecule has 0 aromatic carbocycles. The summed E-state index contributed by atoms with van der Waals surface area (Å²) >= 11 is 0. The standard InChI is InChI=1S/C25H37N7O2/c1-15(2)21-11-18(12-22(30-21)16-6-8-19(34-3)9-7-16)29-24-20(23(27)33)13-28-25(31-24)32-10-4-5-17(26)14-32/h11-13,15-17,19H,4-10,14,26H2,1-3H3,(H2,27,33)(H,28,29,30,31)/t16?,17-,19?/m0/s1. The molecule has 34 heavy (non-hydrogen) atoms. The van der Waals surface area contributed by atoms with Crippen LogP contribution in [0.2, 0.25) is 0 Å². The minimum atomic E-state index is -0.569. The summed E-state index contributed by atoms with van der Waals surface area (Å²) in [5, 5.41) is 3.36. The van der Waals surface area contributed by atoms with Gasteiger partial charge in [-0.3, -0.25) is 9.78 Å². The lowest BCUT2D eigenvalue weighted by Crippen LogP contribution is -2.43. The van der Waals surface area contributed by atoms with E-state index < -0.39 is 5.91 Å². The maximum Gasteiger partial charge on any atom is 0.254 e. The number of amides is 1. The van der Waals surface area contributed by atoms with Gasteiger partial charge >= 0.3 is 0 Å². The van der Waals surface area contributed by atoms with Gasteiger partial charge in [0.05, 0.1) is 6.10 Å². The monoisotopic (exact) mass is 467 g/mol. The van der Waals surface area contributed by atoms with Crippen molar-refractivity contribution < 1.29 is 9.53 Å². The van der Waals surface area contributed by atoms with E-state index in [1.165, 1.54) is 6.20 Å². The summed E-state index contributed by atoms with van der Waals surface area (Å²) in [7, 11) is 1.79. The van der Waals surface area contributed by atoms with Crippen LogP contribution in [0, 0.1) is 0 Å². The number of rotatable bonds is 7. The molecule has 2 aliphatic rings. The van der Waals surface area contributed by atoms with Crippen molar-refractivity contribution >= 4 is 23.4 Å². The molecule has 0 bridgehead atoms. The summed E-state index contributed by atoms with van der Waals surface area (Å²) in [5.74, 6) is 1.05. The minimum Gasteiger partial charge on any atom is -0.381 e. The molecule has 3 heterocycles. The van der Waals surface area contributed by atoms with Crippen molar-refractivity contribution in [2.24, 2.45) is 11.5 Å². The van der Waals surface area contributed by atoms with Crippen molar-refractivity contribution in [2.75, 3.05) is 30.4 Å². The van der Waals surface area contributed by atoms with Gasteiger partial charge in [-0.1, -0.05) is 13.8 Å². The number of hydrogen-bond donors (Lipinski definition) is 3. The van der Waals surface area contributed by atoms with Crippen LogP contribution in [0.15, 0.2) is 18.3 Å². The third kappa shape index (κ3) is 5.64. The molecule has 1 saturated carbocycles. The highest BCUT2D eigenvalue weighted by Gasteiger charge is 2.25. The van der Waals surface area contributed by atoms with Crippen LogP contribution in [-0.4, -0.2) is 53.2 Å². The predicted octanol–water partition coefficient (Wildman–Crippen LogP) is 3.44. The second-order valence-corrected chi connectivity index (χ2v) is 9.84. The highest BCUT2D eigenvalue weighted by molar-refractivity contribution is 5.98. The molecule has 2 aromatic rings. The van der Waals surface area contributed by atoms with Crippen LogP contribution in [0.4, 0.5) is 17.5 Å². The summed E-state index contributed by atoms with van der Waals surface area (Å²) in [6.45, 7) is 5.80. The minimum absolute atomic E-state index is 0.0918. The lowest BCUT2D eigenvalue weighted by molar-refractivity contribution is 0.0655. The summed E-state index contributed by atoms with van der Waals surface area (Å²) in [6.07, 6.45) is 7.99. The second-order valence-electron chi connectivity index (χ2n) is 9.84. The van der Waals surface area contributed by atoms with Gasteiger partial charge in [-0.2, -0.15) is 4.98 Å². The zero-order chi connectivity index (χ0) is 24.2. The topological polar surface area (TPSA) is 132 Å². The third-order valence-electron chi connectivity index (χ3n) is 6.93. The van der Waals surface area contributed by atoms with Crippen molar-refractivity contribution in [3.63, 3.8) is 0 Å². The molecule has 1 aliphatic carbocycles. The fourth-order valence-corrected chi connectivity index (χ4v) is 4.87. The van der Waals surface area contributed by atoms with Gasteiger partial charge in [0.25, 0.3) is 5.91 Å². The molecule has 1 aliphatic heterocycles. The summed E-state index contributed by atoms with van der Waals surface area (Å²) in [5.41, 5.74) is 15.0. The quantitative estimate of drug-likeness (QED) is 0.564. The van der Waals surface area contributed by atoms with Crippen molar-refractivity contribution in [3.05, 3.63) is 35.3 Å². The molecule has 184 valence electrons. The van der Waals surface area contributed by atoms with Crippen LogP contribution in [0.25, 0.3) is 0 Å². The molecule has 2 aromatic heterocycles. The average Bonchev–Trinajstić information content (AvgIpc) is 2.83. The van der Waals surface area contributed by atoms with Gasteiger partial charge in [-0.25, -0.2) is 4.98 Å². The predicted molar refractivity (Wildman–Crippen MR) is 134 cm³/mol. The Morgan fingerprint density at radius 2 is 1.94 bits per heavy atom. The average molecular weight is 468 g/mol. The maximum absolute atomic E-state index is 12.1. The highest BCUT2D eigenvalue weighted by Crippen LogP contribution is 2.35. The number of ether oxygens (including phenoxy) is 1. The van der Waals surface area contributed by atoms with Gasteiger partial charge in [-0.05, 0) is 56.6 Å². The van der Waals surface area contributed by atoms with Crippen molar-refractivity contribution in [1.29, 1.82) is 0 Å². The Bertz CT molecular complexity index is 1000. The number of piperidine rings is 1. The Labute approximate surface area is 201 Å². The van der Waals surface area contributed by atoms with Crippen LogP contribution in [0.3, 0.4) is 0 Å². The molecule has 9 heteroatoms. The van der Waals surface area contributed by atoms with E-state index in [0.29, 0.717) is 30.3 Å². The first-order chi connectivity index (χ1) is 16.3. The van der Waals surface area contributed by atoms with Crippen LogP contribution in [-0.2, 0) is 4.74 Å². The SMILES string of the molecule is COC1CCC(c2cc(Nc3nc(N4CCC[C@H](N)C4)ncc3C(N)=O)cc(C(C)C)n2)CC1. The molecule has 9 nitrogen and oxygen atoms in total. The van der Waals surface area contributed by atoms with E-state index in [1.807, 2.05) is 6.07 Å². The van der Waals surface area contributed by atoms with Crippen LogP contribution in [0.1, 0.15) is 86.0 Å². The summed E-state index contributed by atoms with van der Waals surface area (Å²) < 4.78 is 5.54. The molecule has 5 N–H and O–H groups in total. The Morgan fingerprint density at radius 3 is 2.59 bits per heavy atom. The largest absolute Gasteiger partial charge is 0.381 e. The van der Waals surface area contributed by atoms with Gasteiger partial charge in [0, 0.05) is 55.4 Å². The first-order valence-electron chi connectivity index (χ1n) is 12.3. The van der Waals surface area contributed by atoms with Crippen molar-refractivity contribution in [2.45, 2.75) is 76.4 Å². The zero-order valence-electron chi connectivity index (χ0n) is 20.5. The van der Waals surface area contributed by atoms with E-state index in [2.05, 4.69) is 35.1 Å². The smallest absolute Gasteiger partial charge is 0.254 e. The zero-order valence-corrected chi connectivity index (χ0v) is 20.5. The number of carbonyl (C=O) groups excluding carboxylic acids is 1. The Kier molecular flexibility index (Phi) is 7.63. The number of nitrogens with two attached hydrogens (primary N) is 2. The molecule has 0 spiro atoms. The van der Waals surface area contributed by atoms with Gasteiger partial charge in [-0.15, -0.1) is 0 Å². The number of aromatic nitrogens is 3. The number of methoxy groups -OCH3 is 1. The number of nitrogens with zero attached hydrogens (tertiary/aromatic N) is 4.